The fourth-order valence-electron chi connectivity index (χ4n) is 0.980. The van der Waals surface area contributed by atoms with Crippen LogP contribution in [0, 0.1) is 0 Å². The summed E-state index contributed by atoms with van der Waals surface area (Å²) in [5.74, 6) is 0.589. The van der Waals surface area contributed by atoms with Crippen molar-refractivity contribution in [2.75, 3.05) is 18.6 Å². The van der Waals surface area contributed by atoms with Crippen molar-refractivity contribution in [1.29, 1.82) is 0 Å². The van der Waals surface area contributed by atoms with Gasteiger partial charge in [0.05, 0.1) is 0 Å². The summed E-state index contributed by atoms with van der Waals surface area (Å²) in [4.78, 5) is 11.2. The molecule has 0 aliphatic rings. The number of amides is 1. The van der Waals surface area contributed by atoms with Crippen LogP contribution in [0.2, 0.25) is 0 Å². The molecule has 0 heterocycles. The largest absolute Gasteiger partial charge is 0.356 e. The number of carbonyl (C=O) groups excluding carboxylic acids is 1. The molecule has 0 aromatic carbocycles. The summed E-state index contributed by atoms with van der Waals surface area (Å²) in [6.45, 7) is 4.20. The molecule has 0 radical (unpaired) electrons. The Morgan fingerprint density at radius 3 is 2.50 bits per heavy atom. The molecule has 84 valence electrons. The Balaban J connectivity index is 3.50. The number of nitrogens with two attached hydrogens (primary N) is 1. The zero-order chi connectivity index (χ0) is 11.2. The predicted octanol–water partition coefficient (Wildman–Crippen LogP) is -0.00140. The van der Waals surface area contributed by atoms with Gasteiger partial charge in [-0.05, 0) is 20.3 Å². The van der Waals surface area contributed by atoms with Gasteiger partial charge in [0.1, 0.15) is 0 Å². The lowest BCUT2D eigenvalue weighted by atomic mass is 10.0. The average Bonchev–Trinajstić information content (AvgIpc) is 1.94. The van der Waals surface area contributed by atoms with Crippen LogP contribution in [-0.4, -0.2) is 34.2 Å². The molecule has 1 amide bonds. The Kier molecular flexibility index (Phi) is 5.95. The van der Waals surface area contributed by atoms with Crippen molar-refractivity contribution < 1.29 is 9.00 Å². The second-order valence-corrected chi connectivity index (χ2v) is 5.70. The second-order valence-electron chi connectivity index (χ2n) is 4.15. The maximum atomic E-state index is 11.2. The van der Waals surface area contributed by atoms with Gasteiger partial charge in [0.15, 0.2) is 0 Å². The topological polar surface area (TPSA) is 72.2 Å². The van der Waals surface area contributed by atoms with Crippen molar-refractivity contribution in [3.63, 3.8) is 0 Å². The molecule has 0 aromatic heterocycles. The van der Waals surface area contributed by atoms with E-state index in [1.54, 1.807) is 6.26 Å². The third-order valence-electron chi connectivity index (χ3n) is 1.55. The quantitative estimate of drug-likeness (QED) is 0.619. The van der Waals surface area contributed by atoms with Crippen molar-refractivity contribution in [3.05, 3.63) is 0 Å². The number of carbonyl (C=O) groups is 1. The van der Waals surface area contributed by atoms with Gasteiger partial charge in [-0.3, -0.25) is 9.00 Å². The summed E-state index contributed by atoms with van der Waals surface area (Å²) in [7, 11) is -0.775. The molecule has 0 saturated heterocycles. The van der Waals surface area contributed by atoms with Crippen LogP contribution < -0.4 is 11.1 Å². The Bertz CT molecular complexity index is 211. The first-order valence-electron chi connectivity index (χ1n) is 4.67. The van der Waals surface area contributed by atoms with Crippen LogP contribution in [0.25, 0.3) is 0 Å². The number of rotatable bonds is 6. The fraction of sp³-hybridized carbons (Fsp3) is 0.889. The van der Waals surface area contributed by atoms with E-state index in [1.807, 2.05) is 13.8 Å². The van der Waals surface area contributed by atoms with Crippen LogP contribution in [0.3, 0.4) is 0 Å². The molecule has 0 rings (SSSR count). The van der Waals surface area contributed by atoms with Gasteiger partial charge in [-0.2, -0.15) is 0 Å². The van der Waals surface area contributed by atoms with Crippen molar-refractivity contribution >= 4 is 16.7 Å². The molecule has 14 heavy (non-hydrogen) atoms. The number of hydrogen-bond donors (Lipinski definition) is 2. The normalized spacial score (nSPS) is 13.7. The zero-order valence-corrected chi connectivity index (χ0v) is 9.95. The summed E-state index contributed by atoms with van der Waals surface area (Å²) in [5.41, 5.74) is 5.22. The molecule has 0 aromatic rings. The first kappa shape index (κ1) is 13.6. The monoisotopic (exact) mass is 220 g/mol. The minimum atomic E-state index is -0.775. The van der Waals surface area contributed by atoms with Crippen LogP contribution >= 0.6 is 0 Å². The van der Waals surface area contributed by atoms with Gasteiger partial charge in [-0.1, -0.05) is 0 Å². The molecular weight excluding hydrogens is 200 g/mol. The summed E-state index contributed by atoms with van der Waals surface area (Å²) < 4.78 is 10.7. The highest BCUT2D eigenvalue weighted by Gasteiger charge is 2.15. The Labute approximate surface area is 88.1 Å². The van der Waals surface area contributed by atoms with Gasteiger partial charge in [-0.15, -0.1) is 0 Å². The smallest absolute Gasteiger partial charge is 0.221 e. The van der Waals surface area contributed by atoms with E-state index < -0.39 is 16.3 Å². The van der Waals surface area contributed by atoms with E-state index in [-0.39, 0.29) is 5.91 Å². The highest BCUT2D eigenvalue weighted by molar-refractivity contribution is 7.84. The van der Waals surface area contributed by atoms with E-state index in [0.717, 1.165) is 6.42 Å². The third kappa shape index (κ3) is 9.67. The highest BCUT2D eigenvalue weighted by Crippen LogP contribution is 2.02. The molecule has 0 aliphatic heterocycles. The van der Waals surface area contributed by atoms with Gasteiger partial charge < -0.3 is 11.1 Å². The molecule has 1 unspecified atom stereocenters. The van der Waals surface area contributed by atoms with E-state index in [2.05, 4.69) is 5.32 Å². The summed E-state index contributed by atoms with van der Waals surface area (Å²) >= 11 is 0. The standard InChI is InChI=1S/C9H20N2O2S/c1-9(2,10)7-8(12)11-5-4-6-14(3)13/h4-7,10H2,1-3H3,(H,11,12). The Hall–Kier alpha value is -0.420. The minimum Gasteiger partial charge on any atom is -0.356 e. The van der Waals surface area contributed by atoms with Gasteiger partial charge >= 0.3 is 0 Å². The van der Waals surface area contributed by atoms with E-state index >= 15 is 0 Å². The summed E-state index contributed by atoms with van der Waals surface area (Å²) in [6.07, 6.45) is 2.73. The molecule has 0 bridgehead atoms. The molecule has 0 spiro atoms. The van der Waals surface area contributed by atoms with E-state index in [9.17, 15) is 9.00 Å². The second kappa shape index (κ2) is 6.14. The Morgan fingerprint density at radius 1 is 1.50 bits per heavy atom. The highest BCUT2D eigenvalue weighted by atomic mass is 32.2. The fourth-order valence-corrected chi connectivity index (χ4v) is 1.53. The van der Waals surface area contributed by atoms with Gasteiger partial charge in [0.25, 0.3) is 0 Å². The SMILES string of the molecule is CS(=O)CCCNC(=O)CC(C)(C)N. The lowest BCUT2D eigenvalue weighted by Crippen LogP contribution is -2.39. The minimum absolute atomic E-state index is 0.0422. The first-order chi connectivity index (χ1) is 6.31. The molecule has 1 atom stereocenters. The molecule has 3 N–H and O–H groups in total. The Morgan fingerprint density at radius 2 is 2.07 bits per heavy atom. The van der Waals surface area contributed by atoms with Gasteiger partial charge in [0.2, 0.25) is 5.91 Å². The lowest BCUT2D eigenvalue weighted by Gasteiger charge is -2.17. The number of nitrogens with one attached hydrogen (secondary N) is 1. The molecule has 5 heteroatoms. The van der Waals surface area contributed by atoms with Crippen LogP contribution in [0.15, 0.2) is 0 Å². The van der Waals surface area contributed by atoms with Crippen molar-refractivity contribution in [1.82, 2.24) is 5.32 Å². The summed E-state index contributed by atoms with van der Waals surface area (Å²) in [6, 6.07) is 0. The maximum Gasteiger partial charge on any atom is 0.221 e. The van der Waals surface area contributed by atoms with E-state index in [0.29, 0.717) is 18.7 Å². The molecule has 0 fully saturated rings. The molecular formula is C9H20N2O2S. The van der Waals surface area contributed by atoms with Crippen LogP contribution in [-0.2, 0) is 15.6 Å². The third-order valence-corrected chi connectivity index (χ3v) is 2.41. The summed E-state index contributed by atoms with van der Waals surface area (Å²) in [5, 5.41) is 2.74. The van der Waals surface area contributed by atoms with Gasteiger partial charge in [0, 0.05) is 41.3 Å². The van der Waals surface area contributed by atoms with Crippen LogP contribution in [0.1, 0.15) is 26.7 Å². The lowest BCUT2D eigenvalue weighted by molar-refractivity contribution is -0.121. The maximum absolute atomic E-state index is 11.2. The molecule has 4 nitrogen and oxygen atoms in total. The predicted molar refractivity (Wildman–Crippen MR) is 59.4 cm³/mol. The van der Waals surface area contributed by atoms with Crippen molar-refractivity contribution in [3.8, 4) is 0 Å². The molecule has 0 aliphatic carbocycles. The van der Waals surface area contributed by atoms with E-state index in [4.69, 9.17) is 5.73 Å². The average molecular weight is 220 g/mol. The number of hydrogen-bond acceptors (Lipinski definition) is 3. The van der Waals surface area contributed by atoms with E-state index in [1.165, 1.54) is 0 Å². The molecule has 0 saturated carbocycles. The first-order valence-corrected chi connectivity index (χ1v) is 6.39. The van der Waals surface area contributed by atoms with Crippen molar-refractivity contribution in [2.45, 2.75) is 32.2 Å². The van der Waals surface area contributed by atoms with Crippen LogP contribution in [0.4, 0.5) is 0 Å². The van der Waals surface area contributed by atoms with Crippen molar-refractivity contribution in [2.24, 2.45) is 5.73 Å². The van der Waals surface area contributed by atoms with Gasteiger partial charge in [-0.25, -0.2) is 0 Å². The van der Waals surface area contributed by atoms with Crippen LogP contribution in [0.5, 0.6) is 0 Å². The zero-order valence-electron chi connectivity index (χ0n) is 9.13.